The maximum atomic E-state index is 5.81. The van der Waals surface area contributed by atoms with E-state index in [-0.39, 0.29) is 5.95 Å². The summed E-state index contributed by atoms with van der Waals surface area (Å²) in [6.07, 6.45) is 3.49. The minimum atomic E-state index is 0.213. The lowest BCUT2D eigenvalue weighted by atomic mass is 10.1. The highest BCUT2D eigenvalue weighted by atomic mass is 15.1. The molecule has 0 fully saturated rings. The Balaban J connectivity index is 2.15. The fraction of sp³-hybridized carbons (Fsp3) is 0.0667. The van der Waals surface area contributed by atoms with Crippen molar-refractivity contribution in [2.45, 2.75) is 6.92 Å². The number of nitrogen functional groups attached to an aromatic ring is 1. The predicted molar refractivity (Wildman–Crippen MR) is 77.6 cm³/mol. The first-order valence-electron chi connectivity index (χ1n) is 6.22. The van der Waals surface area contributed by atoms with Gasteiger partial charge >= 0.3 is 0 Å². The molecule has 2 heterocycles. The van der Waals surface area contributed by atoms with Gasteiger partial charge in [-0.1, -0.05) is 30.3 Å². The standard InChI is InChI=1S/C15H13N5/c1-10-9-17-8-7-12(10)14-18-13(19-15(16)20-14)11-5-3-2-4-6-11/h2-9H,1H3,(H2,16,18,19,20). The van der Waals surface area contributed by atoms with Crippen LogP contribution in [0.2, 0.25) is 0 Å². The first kappa shape index (κ1) is 12.2. The van der Waals surface area contributed by atoms with Gasteiger partial charge in [-0.25, -0.2) is 4.98 Å². The van der Waals surface area contributed by atoms with Gasteiger partial charge in [-0.05, 0) is 18.6 Å². The molecule has 0 saturated carbocycles. The summed E-state index contributed by atoms with van der Waals surface area (Å²) in [6.45, 7) is 1.96. The van der Waals surface area contributed by atoms with E-state index < -0.39 is 0 Å². The Labute approximate surface area is 116 Å². The molecule has 0 aliphatic heterocycles. The van der Waals surface area contributed by atoms with Gasteiger partial charge in [-0.3, -0.25) is 4.98 Å². The van der Waals surface area contributed by atoms with Crippen molar-refractivity contribution in [2.24, 2.45) is 0 Å². The van der Waals surface area contributed by atoms with Crippen molar-refractivity contribution in [3.8, 4) is 22.8 Å². The second-order valence-electron chi connectivity index (χ2n) is 4.40. The summed E-state index contributed by atoms with van der Waals surface area (Å²) < 4.78 is 0. The third kappa shape index (κ3) is 2.33. The number of benzene rings is 1. The van der Waals surface area contributed by atoms with E-state index in [0.717, 1.165) is 16.7 Å². The summed E-state index contributed by atoms with van der Waals surface area (Å²) in [6, 6.07) is 11.6. The Morgan fingerprint density at radius 1 is 0.900 bits per heavy atom. The lowest BCUT2D eigenvalue weighted by Crippen LogP contribution is -2.03. The largest absolute Gasteiger partial charge is 0.368 e. The minimum absolute atomic E-state index is 0.213. The average Bonchev–Trinajstić information content (AvgIpc) is 2.48. The predicted octanol–water partition coefficient (Wildman–Crippen LogP) is 2.49. The highest BCUT2D eigenvalue weighted by molar-refractivity contribution is 5.64. The molecule has 0 unspecified atom stereocenters. The molecular formula is C15H13N5. The van der Waals surface area contributed by atoms with Gasteiger partial charge in [-0.2, -0.15) is 9.97 Å². The normalized spacial score (nSPS) is 10.4. The van der Waals surface area contributed by atoms with Gasteiger partial charge in [0.25, 0.3) is 0 Å². The molecule has 0 saturated heterocycles. The number of rotatable bonds is 2. The van der Waals surface area contributed by atoms with Gasteiger partial charge < -0.3 is 5.73 Å². The SMILES string of the molecule is Cc1cnccc1-c1nc(N)nc(-c2ccccc2)n1. The summed E-state index contributed by atoms with van der Waals surface area (Å²) in [7, 11) is 0. The van der Waals surface area contributed by atoms with Crippen LogP contribution in [0, 0.1) is 6.92 Å². The third-order valence-electron chi connectivity index (χ3n) is 2.95. The van der Waals surface area contributed by atoms with Crippen molar-refractivity contribution < 1.29 is 0 Å². The molecule has 20 heavy (non-hydrogen) atoms. The highest BCUT2D eigenvalue weighted by Gasteiger charge is 2.10. The van der Waals surface area contributed by atoms with Gasteiger partial charge in [0.15, 0.2) is 11.6 Å². The van der Waals surface area contributed by atoms with Gasteiger partial charge in [-0.15, -0.1) is 0 Å². The Morgan fingerprint density at radius 2 is 1.65 bits per heavy atom. The zero-order chi connectivity index (χ0) is 13.9. The van der Waals surface area contributed by atoms with Gasteiger partial charge in [0.05, 0.1) is 0 Å². The smallest absolute Gasteiger partial charge is 0.224 e. The van der Waals surface area contributed by atoms with Crippen LogP contribution in [0.3, 0.4) is 0 Å². The zero-order valence-electron chi connectivity index (χ0n) is 11.0. The second kappa shape index (κ2) is 5.05. The number of pyridine rings is 1. The lowest BCUT2D eigenvalue weighted by molar-refractivity contribution is 1.07. The third-order valence-corrected chi connectivity index (χ3v) is 2.95. The van der Waals surface area contributed by atoms with E-state index >= 15 is 0 Å². The molecule has 3 aromatic rings. The number of hydrogen-bond acceptors (Lipinski definition) is 5. The maximum absolute atomic E-state index is 5.81. The van der Waals surface area contributed by atoms with Gasteiger partial charge in [0, 0.05) is 23.5 Å². The first-order valence-corrected chi connectivity index (χ1v) is 6.22. The molecular weight excluding hydrogens is 250 g/mol. The van der Waals surface area contributed by atoms with E-state index in [1.54, 1.807) is 12.4 Å². The van der Waals surface area contributed by atoms with Crippen molar-refractivity contribution in [3.05, 3.63) is 54.4 Å². The van der Waals surface area contributed by atoms with Gasteiger partial charge in [0.2, 0.25) is 5.95 Å². The molecule has 0 aliphatic rings. The van der Waals surface area contributed by atoms with Crippen LogP contribution in [-0.2, 0) is 0 Å². The number of nitrogens with zero attached hydrogens (tertiary/aromatic N) is 4. The van der Waals surface area contributed by atoms with Crippen molar-refractivity contribution in [1.29, 1.82) is 0 Å². The van der Waals surface area contributed by atoms with Crippen LogP contribution < -0.4 is 5.73 Å². The van der Waals surface area contributed by atoms with Crippen LogP contribution in [0.15, 0.2) is 48.8 Å². The second-order valence-corrected chi connectivity index (χ2v) is 4.40. The molecule has 3 rings (SSSR count). The molecule has 5 heteroatoms. The molecule has 0 spiro atoms. The summed E-state index contributed by atoms with van der Waals surface area (Å²) in [4.78, 5) is 17.0. The molecule has 1 aromatic carbocycles. The Kier molecular flexibility index (Phi) is 3.09. The number of aromatic nitrogens is 4. The average molecular weight is 263 g/mol. The molecule has 2 N–H and O–H groups in total. The quantitative estimate of drug-likeness (QED) is 0.768. The van der Waals surface area contributed by atoms with Crippen LogP contribution in [0.25, 0.3) is 22.8 Å². The number of aryl methyl sites for hydroxylation is 1. The fourth-order valence-electron chi connectivity index (χ4n) is 1.95. The van der Waals surface area contributed by atoms with Crippen molar-refractivity contribution in [2.75, 3.05) is 5.73 Å². The molecule has 5 nitrogen and oxygen atoms in total. The van der Waals surface area contributed by atoms with Crippen LogP contribution in [0.4, 0.5) is 5.95 Å². The van der Waals surface area contributed by atoms with E-state index in [2.05, 4.69) is 19.9 Å². The maximum Gasteiger partial charge on any atom is 0.224 e. The minimum Gasteiger partial charge on any atom is -0.368 e. The monoisotopic (exact) mass is 263 g/mol. The first-order chi connectivity index (χ1) is 9.74. The summed E-state index contributed by atoms with van der Waals surface area (Å²) in [5.74, 6) is 1.35. The topological polar surface area (TPSA) is 77.6 Å². The highest BCUT2D eigenvalue weighted by Crippen LogP contribution is 2.22. The summed E-state index contributed by atoms with van der Waals surface area (Å²) in [5, 5.41) is 0. The lowest BCUT2D eigenvalue weighted by Gasteiger charge is -2.06. The van der Waals surface area contributed by atoms with E-state index in [4.69, 9.17) is 5.73 Å². The van der Waals surface area contributed by atoms with E-state index in [9.17, 15) is 0 Å². The number of anilines is 1. The Bertz CT molecular complexity index is 740. The van der Waals surface area contributed by atoms with Crippen molar-refractivity contribution in [3.63, 3.8) is 0 Å². The van der Waals surface area contributed by atoms with E-state index in [0.29, 0.717) is 11.6 Å². The van der Waals surface area contributed by atoms with Gasteiger partial charge in [0.1, 0.15) is 0 Å². The molecule has 0 atom stereocenters. The van der Waals surface area contributed by atoms with Crippen molar-refractivity contribution in [1.82, 2.24) is 19.9 Å². The van der Waals surface area contributed by atoms with E-state index in [1.807, 2.05) is 43.3 Å². The van der Waals surface area contributed by atoms with Crippen LogP contribution in [-0.4, -0.2) is 19.9 Å². The number of hydrogen-bond donors (Lipinski definition) is 1. The summed E-state index contributed by atoms with van der Waals surface area (Å²) in [5.41, 5.74) is 8.62. The molecule has 0 radical (unpaired) electrons. The van der Waals surface area contributed by atoms with E-state index in [1.165, 1.54) is 0 Å². The van der Waals surface area contributed by atoms with Crippen LogP contribution in [0.5, 0.6) is 0 Å². The molecule has 0 amide bonds. The molecule has 2 aromatic heterocycles. The fourth-order valence-corrected chi connectivity index (χ4v) is 1.95. The van der Waals surface area contributed by atoms with Crippen molar-refractivity contribution >= 4 is 5.95 Å². The molecule has 0 bridgehead atoms. The molecule has 0 aliphatic carbocycles. The summed E-state index contributed by atoms with van der Waals surface area (Å²) >= 11 is 0. The van der Waals surface area contributed by atoms with Crippen LogP contribution in [0.1, 0.15) is 5.56 Å². The Hall–Kier alpha value is -2.82. The Morgan fingerprint density at radius 3 is 2.40 bits per heavy atom. The number of nitrogens with two attached hydrogens (primary N) is 1. The molecule has 98 valence electrons. The zero-order valence-corrected chi connectivity index (χ0v) is 11.0. The van der Waals surface area contributed by atoms with Crippen LogP contribution >= 0.6 is 0 Å².